The van der Waals surface area contributed by atoms with Gasteiger partial charge in [-0.25, -0.2) is 0 Å². The minimum absolute atomic E-state index is 0.451. The van der Waals surface area contributed by atoms with Crippen LogP contribution >= 0.6 is 0 Å². The molecule has 0 spiro atoms. The third-order valence-electron chi connectivity index (χ3n) is 2.17. The number of rotatable bonds is 6. The maximum absolute atomic E-state index is 5.15. The molecule has 0 aliphatic carbocycles. The van der Waals surface area contributed by atoms with Crippen LogP contribution in [0, 0.1) is 5.92 Å². The topological polar surface area (TPSA) is 18.5 Å². The molecule has 0 atom stereocenters. The molecule has 0 N–H and O–H groups in total. The molecule has 0 unspecified atom stereocenters. The minimum atomic E-state index is 0.451. The van der Waals surface area contributed by atoms with E-state index in [0.717, 1.165) is 19.6 Å². The third-order valence-corrected chi connectivity index (χ3v) is 2.17. The zero-order valence-corrected chi connectivity index (χ0v) is 8.90. The summed E-state index contributed by atoms with van der Waals surface area (Å²) < 4.78 is 10.3. The van der Waals surface area contributed by atoms with Crippen LogP contribution in [-0.4, -0.2) is 27.4 Å². The molecule has 1 aromatic carbocycles. The molecule has 14 heavy (non-hydrogen) atoms. The molecule has 0 radical (unpaired) electrons. The molecule has 0 aliphatic rings. The first-order valence-corrected chi connectivity index (χ1v) is 4.88. The Morgan fingerprint density at radius 3 is 2.07 bits per heavy atom. The summed E-state index contributed by atoms with van der Waals surface area (Å²) in [5, 5.41) is 0. The van der Waals surface area contributed by atoms with Gasteiger partial charge in [0.15, 0.2) is 0 Å². The van der Waals surface area contributed by atoms with Crippen LogP contribution in [0.3, 0.4) is 0 Å². The lowest BCUT2D eigenvalue weighted by Gasteiger charge is -2.14. The summed E-state index contributed by atoms with van der Waals surface area (Å²) >= 11 is 0. The van der Waals surface area contributed by atoms with Crippen molar-refractivity contribution in [2.24, 2.45) is 5.92 Å². The smallest absolute Gasteiger partial charge is 0.0515 e. The lowest BCUT2D eigenvalue weighted by atomic mass is 10.0. The van der Waals surface area contributed by atoms with E-state index < -0.39 is 0 Å². The molecule has 0 amide bonds. The second-order valence-corrected chi connectivity index (χ2v) is 3.47. The fourth-order valence-corrected chi connectivity index (χ4v) is 1.58. The molecule has 0 bridgehead atoms. The Balaban J connectivity index is 2.46. The minimum Gasteiger partial charge on any atom is -0.384 e. The van der Waals surface area contributed by atoms with E-state index in [0.29, 0.717) is 5.92 Å². The van der Waals surface area contributed by atoms with E-state index >= 15 is 0 Å². The Hall–Kier alpha value is -0.860. The van der Waals surface area contributed by atoms with E-state index in [2.05, 4.69) is 24.3 Å². The first-order chi connectivity index (χ1) is 6.86. The molecule has 0 fully saturated rings. The van der Waals surface area contributed by atoms with Crippen molar-refractivity contribution in [1.82, 2.24) is 0 Å². The number of hydrogen-bond acceptors (Lipinski definition) is 2. The molecule has 2 heteroatoms. The van der Waals surface area contributed by atoms with Crippen molar-refractivity contribution in [3.63, 3.8) is 0 Å². The predicted molar refractivity (Wildman–Crippen MR) is 57.4 cm³/mol. The molecular weight excluding hydrogens is 176 g/mol. The summed E-state index contributed by atoms with van der Waals surface area (Å²) in [6.45, 7) is 1.51. The summed E-state index contributed by atoms with van der Waals surface area (Å²) in [5.74, 6) is 0.451. The van der Waals surface area contributed by atoms with Crippen LogP contribution in [0.4, 0.5) is 0 Å². The third kappa shape index (κ3) is 3.90. The van der Waals surface area contributed by atoms with Gasteiger partial charge in [0.1, 0.15) is 0 Å². The van der Waals surface area contributed by atoms with E-state index in [1.165, 1.54) is 5.56 Å². The van der Waals surface area contributed by atoms with E-state index in [1.54, 1.807) is 14.2 Å². The summed E-state index contributed by atoms with van der Waals surface area (Å²) in [7, 11) is 3.46. The van der Waals surface area contributed by atoms with Crippen LogP contribution in [0.5, 0.6) is 0 Å². The van der Waals surface area contributed by atoms with Gasteiger partial charge in [0.2, 0.25) is 0 Å². The SMILES string of the molecule is COCC(COC)Cc1ccccc1. The van der Waals surface area contributed by atoms with Crippen LogP contribution < -0.4 is 0 Å². The van der Waals surface area contributed by atoms with E-state index in [4.69, 9.17) is 9.47 Å². The molecule has 0 aromatic heterocycles. The molecule has 0 heterocycles. The highest BCUT2D eigenvalue weighted by Gasteiger charge is 2.08. The average Bonchev–Trinajstić information content (AvgIpc) is 2.20. The molecule has 1 rings (SSSR count). The Kier molecular flexibility index (Phi) is 5.27. The van der Waals surface area contributed by atoms with Crippen molar-refractivity contribution in [3.05, 3.63) is 35.9 Å². The summed E-state index contributed by atoms with van der Waals surface area (Å²) in [6, 6.07) is 10.4. The maximum Gasteiger partial charge on any atom is 0.0515 e. The fraction of sp³-hybridized carbons (Fsp3) is 0.500. The second kappa shape index (κ2) is 6.57. The summed E-state index contributed by atoms with van der Waals surface area (Å²) in [6.07, 6.45) is 1.02. The van der Waals surface area contributed by atoms with Crippen LogP contribution in [0.1, 0.15) is 5.56 Å². The van der Waals surface area contributed by atoms with Crippen LogP contribution in [0.2, 0.25) is 0 Å². The molecule has 0 saturated carbocycles. The van der Waals surface area contributed by atoms with Gasteiger partial charge >= 0.3 is 0 Å². The number of hydrogen-bond donors (Lipinski definition) is 0. The van der Waals surface area contributed by atoms with E-state index in [9.17, 15) is 0 Å². The zero-order chi connectivity index (χ0) is 10.2. The summed E-state index contributed by atoms with van der Waals surface area (Å²) in [4.78, 5) is 0. The number of benzene rings is 1. The van der Waals surface area contributed by atoms with Crippen molar-refractivity contribution in [2.75, 3.05) is 27.4 Å². The zero-order valence-electron chi connectivity index (χ0n) is 8.90. The first-order valence-electron chi connectivity index (χ1n) is 4.88. The Bertz CT molecular complexity index is 227. The Morgan fingerprint density at radius 1 is 1.00 bits per heavy atom. The lowest BCUT2D eigenvalue weighted by molar-refractivity contribution is 0.0848. The molecule has 0 aliphatic heterocycles. The molecule has 1 aromatic rings. The van der Waals surface area contributed by atoms with E-state index in [-0.39, 0.29) is 0 Å². The highest BCUT2D eigenvalue weighted by atomic mass is 16.5. The molecule has 0 saturated heterocycles. The quantitative estimate of drug-likeness (QED) is 0.690. The standard InChI is InChI=1S/C12H18O2/c1-13-9-12(10-14-2)8-11-6-4-3-5-7-11/h3-7,12H,8-10H2,1-2H3. The van der Waals surface area contributed by atoms with Gasteiger partial charge in [0.25, 0.3) is 0 Å². The molecule has 2 nitrogen and oxygen atoms in total. The monoisotopic (exact) mass is 194 g/mol. The van der Waals surface area contributed by atoms with Crippen molar-refractivity contribution >= 4 is 0 Å². The van der Waals surface area contributed by atoms with E-state index in [1.807, 2.05) is 6.07 Å². The number of ether oxygens (including phenoxy) is 2. The van der Waals surface area contributed by atoms with Crippen molar-refractivity contribution < 1.29 is 9.47 Å². The van der Waals surface area contributed by atoms with Crippen molar-refractivity contribution in [3.8, 4) is 0 Å². The molecule has 78 valence electrons. The average molecular weight is 194 g/mol. The second-order valence-electron chi connectivity index (χ2n) is 3.47. The van der Waals surface area contributed by atoms with Crippen molar-refractivity contribution in [2.45, 2.75) is 6.42 Å². The summed E-state index contributed by atoms with van der Waals surface area (Å²) in [5.41, 5.74) is 1.34. The maximum atomic E-state index is 5.15. The van der Waals surface area contributed by atoms with Crippen molar-refractivity contribution in [1.29, 1.82) is 0 Å². The largest absolute Gasteiger partial charge is 0.384 e. The van der Waals surface area contributed by atoms with Gasteiger partial charge in [0, 0.05) is 20.1 Å². The van der Waals surface area contributed by atoms with Crippen LogP contribution in [0.15, 0.2) is 30.3 Å². The highest BCUT2D eigenvalue weighted by Crippen LogP contribution is 2.09. The fourth-order valence-electron chi connectivity index (χ4n) is 1.58. The highest BCUT2D eigenvalue weighted by molar-refractivity contribution is 5.15. The van der Waals surface area contributed by atoms with Gasteiger partial charge < -0.3 is 9.47 Å². The first kappa shape index (κ1) is 11.2. The predicted octanol–water partition coefficient (Wildman–Crippen LogP) is 2.14. The number of methoxy groups -OCH3 is 2. The van der Waals surface area contributed by atoms with Gasteiger partial charge in [-0.15, -0.1) is 0 Å². The van der Waals surface area contributed by atoms with Gasteiger partial charge in [-0.3, -0.25) is 0 Å². The van der Waals surface area contributed by atoms with Gasteiger partial charge in [-0.2, -0.15) is 0 Å². The van der Waals surface area contributed by atoms with Gasteiger partial charge in [0.05, 0.1) is 13.2 Å². The Labute approximate surface area is 85.8 Å². The van der Waals surface area contributed by atoms with Gasteiger partial charge in [-0.1, -0.05) is 30.3 Å². The van der Waals surface area contributed by atoms with Gasteiger partial charge in [-0.05, 0) is 12.0 Å². The lowest BCUT2D eigenvalue weighted by Crippen LogP contribution is -2.17. The van der Waals surface area contributed by atoms with Crippen LogP contribution in [-0.2, 0) is 15.9 Å². The van der Waals surface area contributed by atoms with Crippen LogP contribution in [0.25, 0.3) is 0 Å². The Morgan fingerprint density at radius 2 is 1.57 bits per heavy atom. The molecular formula is C12H18O2. The normalized spacial score (nSPS) is 10.8.